The largest absolute Gasteiger partial charge is 0.497 e. The van der Waals surface area contributed by atoms with E-state index in [0.717, 1.165) is 11.7 Å². The molecule has 84 valence electrons. The van der Waals surface area contributed by atoms with Crippen molar-refractivity contribution in [3.8, 4) is 5.75 Å². The topological polar surface area (TPSA) is 9.23 Å². The third-order valence-electron chi connectivity index (χ3n) is 2.26. The Hall–Kier alpha value is -0.0700. The van der Waals surface area contributed by atoms with Gasteiger partial charge in [-0.15, -0.1) is 0 Å². The first-order valence-corrected chi connectivity index (χ1v) is 8.75. The highest BCUT2D eigenvalue weighted by molar-refractivity contribution is 9.40. The van der Waals surface area contributed by atoms with Crippen LogP contribution in [0.3, 0.4) is 0 Å². The summed E-state index contributed by atoms with van der Waals surface area (Å²) in [5, 5.41) is 1.39. The maximum Gasteiger partial charge on any atom is 0.118 e. The highest BCUT2D eigenvalue weighted by Crippen LogP contribution is 2.44. The van der Waals surface area contributed by atoms with Gasteiger partial charge < -0.3 is 4.74 Å². The zero-order chi connectivity index (χ0) is 11.3. The van der Waals surface area contributed by atoms with Crippen LogP contribution < -0.4 is 10.0 Å². The number of ether oxygens (including phenoxy) is 1. The monoisotopic (exact) mass is 288 g/mol. The summed E-state index contributed by atoms with van der Waals surface area (Å²) in [5.74, 6) is 1.71. The first-order valence-electron chi connectivity index (χ1n) is 5.21. The van der Waals surface area contributed by atoms with Gasteiger partial charge in [-0.25, -0.2) is 0 Å². The van der Waals surface area contributed by atoms with E-state index in [0.29, 0.717) is 0 Å². The molecule has 1 aromatic rings. The molecule has 0 spiro atoms. The Kier molecular flexibility index (Phi) is 5.63. The van der Waals surface area contributed by atoms with Crippen molar-refractivity contribution in [1.82, 2.24) is 0 Å². The summed E-state index contributed by atoms with van der Waals surface area (Å²) in [5.41, 5.74) is 0. The molecular weight excluding hydrogens is 271 g/mol. The zero-order valence-corrected chi connectivity index (χ0v) is 12.0. The van der Waals surface area contributed by atoms with Gasteiger partial charge in [0.1, 0.15) is 5.75 Å². The maximum absolute atomic E-state index is 5.14. The molecule has 0 aromatic heterocycles. The van der Waals surface area contributed by atoms with Crippen molar-refractivity contribution in [2.45, 2.75) is 20.3 Å². The van der Waals surface area contributed by atoms with Gasteiger partial charge in [0.25, 0.3) is 0 Å². The van der Waals surface area contributed by atoms with Crippen LogP contribution in [0.15, 0.2) is 24.3 Å². The van der Waals surface area contributed by atoms with Gasteiger partial charge in [0.05, 0.1) is 7.11 Å². The van der Waals surface area contributed by atoms with Crippen LogP contribution in [0.1, 0.15) is 20.3 Å². The number of methoxy groups -OCH3 is 1. The molecular formula is C12H18BrOP. The number of hydrogen-bond donors (Lipinski definition) is 0. The third kappa shape index (κ3) is 4.53. The molecule has 0 amide bonds. The molecule has 15 heavy (non-hydrogen) atoms. The fraction of sp³-hybridized carbons (Fsp3) is 0.500. The molecule has 3 heteroatoms. The van der Waals surface area contributed by atoms with Crippen LogP contribution in [0, 0.1) is 5.92 Å². The normalized spacial score (nSPS) is 12.9. The van der Waals surface area contributed by atoms with Crippen LogP contribution >= 0.6 is 22.1 Å². The van der Waals surface area contributed by atoms with Crippen molar-refractivity contribution < 1.29 is 4.74 Å². The van der Waals surface area contributed by atoms with Crippen molar-refractivity contribution in [2.75, 3.05) is 13.3 Å². The number of benzene rings is 1. The van der Waals surface area contributed by atoms with Crippen molar-refractivity contribution in [2.24, 2.45) is 5.92 Å². The van der Waals surface area contributed by atoms with Crippen LogP contribution in [0.25, 0.3) is 0 Å². The van der Waals surface area contributed by atoms with Crippen molar-refractivity contribution in [3.63, 3.8) is 0 Å². The second-order valence-corrected chi connectivity index (χ2v) is 8.22. The highest BCUT2D eigenvalue weighted by atomic mass is 79.9. The van der Waals surface area contributed by atoms with Gasteiger partial charge in [0.2, 0.25) is 0 Å². The molecule has 1 rings (SSSR count). The van der Waals surface area contributed by atoms with E-state index in [1.54, 1.807) is 7.11 Å². The maximum atomic E-state index is 5.14. The average Bonchev–Trinajstić information content (AvgIpc) is 2.26. The predicted molar refractivity (Wildman–Crippen MR) is 72.8 cm³/mol. The molecule has 0 radical (unpaired) electrons. The van der Waals surface area contributed by atoms with Crippen LogP contribution in [0.5, 0.6) is 5.75 Å². The SMILES string of the molecule is COc1ccc(P(Br)CCC(C)C)cc1. The summed E-state index contributed by atoms with van der Waals surface area (Å²) in [6, 6.07) is 8.36. The lowest BCUT2D eigenvalue weighted by atomic mass is 10.2. The fourth-order valence-corrected chi connectivity index (χ4v) is 4.04. The molecule has 0 fully saturated rings. The van der Waals surface area contributed by atoms with E-state index >= 15 is 0 Å². The molecule has 1 nitrogen and oxygen atoms in total. The molecule has 0 N–H and O–H groups in total. The first kappa shape index (κ1) is 13.0. The minimum Gasteiger partial charge on any atom is -0.497 e. The molecule has 0 saturated heterocycles. The van der Waals surface area contributed by atoms with E-state index in [-0.39, 0.29) is 6.62 Å². The molecule has 0 heterocycles. The summed E-state index contributed by atoms with van der Waals surface area (Å²) in [4.78, 5) is 0. The third-order valence-corrected chi connectivity index (χ3v) is 6.06. The van der Waals surface area contributed by atoms with Gasteiger partial charge in [-0.2, -0.15) is 0 Å². The summed E-state index contributed by atoms with van der Waals surface area (Å²) < 4.78 is 5.14. The van der Waals surface area contributed by atoms with Crippen LogP contribution in [0.4, 0.5) is 0 Å². The average molecular weight is 289 g/mol. The van der Waals surface area contributed by atoms with Crippen LogP contribution in [-0.4, -0.2) is 13.3 Å². The Morgan fingerprint density at radius 2 is 1.87 bits per heavy atom. The van der Waals surface area contributed by atoms with E-state index in [4.69, 9.17) is 4.74 Å². The Morgan fingerprint density at radius 3 is 2.33 bits per heavy atom. The summed E-state index contributed by atoms with van der Waals surface area (Å²) in [7, 11) is 1.70. The van der Waals surface area contributed by atoms with Crippen molar-refractivity contribution >= 4 is 27.4 Å². The lowest BCUT2D eigenvalue weighted by Crippen LogP contribution is -2.01. The molecule has 1 atom stereocenters. The second-order valence-electron chi connectivity index (χ2n) is 3.97. The molecule has 0 aliphatic rings. The highest BCUT2D eigenvalue weighted by Gasteiger charge is 2.07. The van der Waals surface area contributed by atoms with Gasteiger partial charge in [-0.05, 0) is 42.6 Å². The molecule has 1 aromatic carbocycles. The van der Waals surface area contributed by atoms with Gasteiger partial charge in [-0.1, -0.05) is 41.5 Å². The van der Waals surface area contributed by atoms with Gasteiger partial charge in [-0.3, -0.25) is 0 Å². The van der Waals surface area contributed by atoms with Gasteiger partial charge in [0, 0.05) is 0 Å². The quantitative estimate of drug-likeness (QED) is 0.740. The molecule has 0 aliphatic heterocycles. The number of hydrogen-bond acceptors (Lipinski definition) is 1. The molecule has 0 aliphatic carbocycles. The smallest absolute Gasteiger partial charge is 0.118 e. The van der Waals surface area contributed by atoms with Gasteiger partial charge >= 0.3 is 0 Å². The van der Waals surface area contributed by atoms with Crippen molar-refractivity contribution in [3.05, 3.63) is 24.3 Å². The summed E-state index contributed by atoms with van der Waals surface area (Å²) in [6.07, 6.45) is 2.53. The summed E-state index contributed by atoms with van der Waals surface area (Å²) >= 11 is 3.78. The Bertz CT molecular complexity index is 284. The van der Waals surface area contributed by atoms with E-state index in [2.05, 4.69) is 41.5 Å². The van der Waals surface area contributed by atoms with E-state index in [9.17, 15) is 0 Å². The fourth-order valence-electron chi connectivity index (χ4n) is 1.24. The minimum atomic E-state index is -0.169. The Balaban J connectivity index is 2.54. The summed E-state index contributed by atoms with van der Waals surface area (Å²) in [6.45, 7) is 4.37. The predicted octanol–water partition coefficient (Wildman–Crippen LogP) is 4.16. The van der Waals surface area contributed by atoms with Crippen LogP contribution in [-0.2, 0) is 0 Å². The molecule has 0 bridgehead atoms. The van der Waals surface area contributed by atoms with E-state index < -0.39 is 0 Å². The molecule has 1 unspecified atom stereocenters. The lowest BCUT2D eigenvalue weighted by molar-refractivity contribution is 0.415. The molecule has 0 saturated carbocycles. The standard InChI is InChI=1S/C12H18BrOP/c1-10(2)8-9-15(13)12-6-4-11(14-3)5-7-12/h4-7,10H,8-9H2,1-3H3. The van der Waals surface area contributed by atoms with E-state index in [1.165, 1.54) is 17.9 Å². The number of rotatable bonds is 5. The van der Waals surface area contributed by atoms with Crippen LogP contribution in [0.2, 0.25) is 0 Å². The second kappa shape index (κ2) is 6.50. The van der Waals surface area contributed by atoms with Gasteiger partial charge in [0.15, 0.2) is 0 Å². The zero-order valence-electron chi connectivity index (χ0n) is 9.53. The first-order chi connectivity index (χ1) is 7.13. The van der Waals surface area contributed by atoms with E-state index in [1.807, 2.05) is 12.1 Å². The Labute approximate surface area is 102 Å². The lowest BCUT2D eigenvalue weighted by Gasteiger charge is -2.12. The minimum absolute atomic E-state index is 0.169. The Morgan fingerprint density at radius 1 is 1.27 bits per heavy atom. The number of halogens is 1. The van der Waals surface area contributed by atoms with Crippen molar-refractivity contribution in [1.29, 1.82) is 0 Å².